The summed E-state index contributed by atoms with van der Waals surface area (Å²) in [5, 5.41) is 0. The molecular formula is C19H19N5O4. The van der Waals surface area contributed by atoms with Gasteiger partial charge in [-0.3, -0.25) is 33.0 Å². The number of hydrogen-bond acceptors (Lipinski definition) is 5. The molecule has 2 aromatic heterocycles. The van der Waals surface area contributed by atoms with E-state index in [0.717, 1.165) is 4.57 Å². The van der Waals surface area contributed by atoms with Crippen LogP contribution in [0.1, 0.15) is 23.2 Å². The number of hydrogen-bond donors (Lipinski definition) is 0. The number of imidazole rings is 1. The topological polar surface area (TPSA) is 99.2 Å². The van der Waals surface area contributed by atoms with Crippen molar-refractivity contribution in [3.05, 3.63) is 56.7 Å². The van der Waals surface area contributed by atoms with Gasteiger partial charge < -0.3 is 0 Å². The molecule has 9 nitrogen and oxygen atoms in total. The van der Waals surface area contributed by atoms with Crippen molar-refractivity contribution in [3.63, 3.8) is 0 Å². The van der Waals surface area contributed by atoms with Crippen LogP contribution in [-0.2, 0) is 25.4 Å². The van der Waals surface area contributed by atoms with Gasteiger partial charge in [0.25, 0.3) is 5.56 Å². The predicted octanol–water partition coefficient (Wildman–Crippen LogP) is 0.443. The zero-order valence-corrected chi connectivity index (χ0v) is 15.6. The average molecular weight is 381 g/mol. The van der Waals surface area contributed by atoms with Crippen LogP contribution in [-0.4, -0.2) is 36.9 Å². The van der Waals surface area contributed by atoms with Crippen LogP contribution in [0.5, 0.6) is 0 Å². The van der Waals surface area contributed by atoms with Crippen LogP contribution in [0.25, 0.3) is 11.2 Å². The maximum atomic E-state index is 12.8. The summed E-state index contributed by atoms with van der Waals surface area (Å²) < 4.78 is 3.68. The van der Waals surface area contributed by atoms with E-state index in [9.17, 15) is 19.2 Å². The first kappa shape index (κ1) is 17.9. The number of benzene rings is 1. The van der Waals surface area contributed by atoms with E-state index in [0.29, 0.717) is 24.9 Å². The highest BCUT2D eigenvalue weighted by atomic mass is 16.2. The smallest absolute Gasteiger partial charge is 0.296 e. The van der Waals surface area contributed by atoms with Crippen molar-refractivity contribution in [1.82, 2.24) is 18.7 Å². The fourth-order valence-electron chi connectivity index (χ4n) is 3.51. The summed E-state index contributed by atoms with van der Waals surface area (Å²) in [6.45, 7) is 0.295. The maximum absolute atomic E-state index is 12.8. The van der Waals surface area contributed by atoms with Crippen molar-refractivity contribution in [3.8, 4) is 0 Å². The third-order valence-electron chi connectivity index (χ3n) is 5.04. The zero-order chi connectivity index (χ0) is 20.0. The Labute approximate surface area is 159 Å². The van der Waals surface area contributed by atoms with E-state index in [2.05, 4.69) is 4.98 Å². The van der Waals surface area contributed by atoms with Gasteiger partial charge in [0.1, 0.15) is 0 Å². The number of carbonyl (C=O) groups excluding carboxylic acids is 2. The molecule has 0 N–H and O–H groups in total. The summed E-state index contributed by atoms with van der Waals surface area (Å²) in [7, 11) is 2.89. The number of fused-ring (bicyclic) bond motifs is 1. The molecule has 1 aliphatic rings. The Morgan fingerprint density at radius 2 is 1.79 bits per heavy atom. The predicted molar refractivity (Wildman–Crippen MR) is 103 cm³/mol. The second kappa shape index (κ2) is 6.59. The minimum atomic E-state index is -0.552. The van der Waals surface area contributed by atoms with Gasteiger partial charge >= 0.3 is 5.69 Å². The van der Waals surface area contributed by atoms with E-state index in [1.54, 1.807) is 24.3 Å². The number of nitrogens with zero attached hydrogens (tertiary/aromatic N) is 5. The molecule has 3 heterocycles. The highest BCUT2D eigenvalue weighted by Crippen LogP contribution is 2.24. The van der Waals surface area contributed by atoms with Crippen LogP contribution in [0.3, 0.4) is 0 Å². The lowest BCUT2D eigenvalue weighted by molar-refractivity contribution is -0.117. The van der Waals surface area contributed by atoms with Crippen LogP contribution in [0.2, 0.25) is 0 Å². The number of ketones is 1. The number of aromatic nitrogens is 4. The molecule has 0 saturated carbocycles. The van der Waals surface area contributed by atoms with Crippen LogP contribution in [0, 0.1) is 0 Å². The summed E-state index contributed by atoms with van der Waals surface area (Å²) >= 11 is 0. The van der Waals surface area contributed by atoms with Crippen molar-refractivity contribution in [2.75, 3.05) is 11.4 Å². The molecule has 28 heavy (non-hydrogen) atoms. The Morgan fingerprint density at radius 1 is 1.07 bits per heavy atom. The number of anilines is 1. The van der Waals surface area contributed by atoms with E-state index in [1.807, 2.05) is 6.07 Å². The van der Waals surface area contributed by atoms with Crippen molar-refractivity contribution >= 4 is 28.8 Å². The largest absolute Gasteiger partial charge is 0.332 e. The van der Waals surface area contributed by atoms with Crippen LogP contribution >= 0.6 is 0 Å². The molecule has 0 bridgehead atoms. The second-order valence-electron chi connectivity index (χ2n) is 6.81. The quantitative estimate of drug-likeness (QED) is 0.611. The molecule has 9 heteroatoms. The summed E-state index contributed by atoms with van der Waals surface area (Å²) in [4.78, 5) is 56.1. The van der Waals surface area contributed by atoms with Gasteiger partial charge in [-0.25, -0.2) is 4.79 Å². The third kappa shape index (κ3) is 2.67. The van der Waals surface area contributed by atoms with Crippen molar-refractivity contribution in [2.45, 2.75) is 19.4 Å². The van der Waals surface area contributed by atoms with Gasteiger partial charge in [0.05, 0.1) is 6.54 Å². The summed E-state index contributed by atoms with van der Waals surface area (Å²) in [6.07, 6.45) is 1.05. The Bertz CT molecular complexity index is 1220. The third-order valence-corrected chi connectivity index (χ3v) is 5.04. The van der Waals surface area contributed by atoms with E-state index in [-0.39, 0.29) is 35.3 Å². The number of Topliss-reactive ketones (excluding diaryl/α,β-unsaturated/α-hetero) is 1. The van der Waals surface area contributed by atoms with Crippen LogP contribution in [0.15, 0.2) is 39.9 Å². The zero-order valence-electron chi connectivity index (χ0n) is 15.6. The summed E-state index contributed by atoms with van der Waals surface area (Å²) in [5.41, 5.74) is -0.294. The lowest BCUT2D eigenvalue weighted by Gasteiger charge is -2.16. The van der Waals surface area contributed by atoms with E-state index >= 15 is 0 Å². The normalized spacial score (nSPS) is 14.2. The minimum absolute atomic E-state index is 0.120. The molecule has 4 rings (SSSR count). The van der Waals surface area contributed by atoms with E-state index in [4.69, 9.17) is 0 Å². The van der Waals surface area contributed by atoms with Gasteiger partial charge in [0.2, 0.25) is 11.9 Å². The fourth-order valence-corrected chi connectivity index (χ4v) is 3.51. The van der Waals surface area contributed by atoms with Gasteiger partial charge in [-0.1, -0.05) is 30.3 Å². The molecule has 0 atom stereocenters. The molecule has 0 spiro atoms. The molecule has 0 unspecified atom stereocenters. The number of rotatable bonds is 4. The first-order valence-corrected chi connectivity index (χ1v) is 8.95. The highest BCUT2D eigenvalue weighted by molar-refractivity contribution is 5.98. The van der Waals surface area contributed by atoms with E-state index < -0.39 is 11.2 Å². The SMILES string of the molecule is Cn1c(=O)c2c(nc(N3CCCC3=O)n2CC(=O)c2ccccc2)n(C)c1=O. The highest BCUT2D eigenvalue weighted by Gasteiger charge is 2.30. The molecule has 1 aliphatic heterocycles. The lowest BCUT2D eigenvalue weighted by Crippen LogP contribution is -2.37. The van der Waals surface area contributed by atoms with Gasteiger partial charge in [-0.2, -0.15) is 4.98 Å². The number of carbonyl (C=O) groups is 2. The molecule has 1 aromatic carbocycles. The molecule has 1 fully saturated rings. The molecule has 144 valence electrons. The Kier molecular flexibility index (Phi) is 4.21. The Morgan fingerprint density at radius 3 is 2.43 bits per heavy atom. The average Bonchev–Trinajstić information content (AvgIpc) is 3.28. The summed E-state index contributed by atoms with van der Waals surface area (Å²) in [6, 6.07) is 8.70. The molecule has 0 aliphatic carbocycles. The number of aryl methyl sites for hydroxylation is 1. The maximum Gasteiger partial charge on any atom is 0.332 e. The van der Waals surface area contributed by atoms with Crippen LogP contribution < -0.4 is 16.1 Å². The molecular weight excluding hydrogens is 362 g/mol. The molecule has 1 amide bonds. The van der Waals surface area contributed by atoms with Crippen LogP contribution in [0.4, 0.5) is 5.95 Å². The van der Waals surface area contributed by atoms with Crippen molar-refractivity contribution in [1.29, 1.82) is 0 Å². The van der Waals surface area contributed by atoms with Gasteiger partial charge in [0.15, 0.2) is 16.9 Å². The van der Waals surface area contributed by atoms with Gasteiger partial charge in [0, 0.05) is 32.6 Å². The lowest BCUT2D eigenvalue weighted by atomic mass is 10.1. The minimum Gasteiger partial charge on any atom is -0.296 e. The Hall–Kier alpha value is -3.49. The first-order chi connectivity index (χ1) is 13.4. The molecule has 3 aromatic rings. The molecule has 1 saturated heterocycles. The Balaban J connectivity index is 1.96. The van der Waals surface area contributed by atoms with Gasteiger partial charge in [-0.15, -0.1) is 0 Å². The van der Waals surface area contributed by atoms with Crippen molar-refractivity contribution < 1.29 is 9.59 Å². The fraction of sp³-hybridized carbons (Fsp3) is 0.316. The monoisotopic (exact) mass is 381 g/mol. The first-order valence-electron chi connectivity index (χ1n) is 8.95. The molecule has 0 radical (unpaired) electrons. The van der Waals surface area contributed by atoms with Crippen molar-refractivity contribution in [2.24, 2.45) is 14.1 Å². The second-order valence-corrected chi connectivity index (χ2v) is 6.81. The van der Waals surface area contributed by atoms with Gasteiger partial charge in [-0.05, 0) is 6.42 Å². The van der Waals surface area contributed by atoms with E-state index in [1.165, 1.54) is 28.1 Å². The number of amides is 1. The standard InChI is InChI=1S/C19H19N5O4/c1-21-16-15(17(27)22(2)19(21)28)24(11-13(25)12-7-4-3-5-8-12)18(20-16)23-10-6-9-14(23)26/h3-5,7-8H,6,9-11H2,1-2H3. The summed E-state index contributed by atoms with van der Waals surface area (Å²) in [5.74, 6) is -0.116.